The van der Waals surface area contributed by atoms with Crippen molar-refractivity contribution >= 4 is 39.1 Å². The zero-order chi connectivity index (χ0) is 24.1. The van der Waals surface area contributed by atoms with Crippen molar-refractivity contribution in [3.8, 4) is 0 Å². The highest BCUT2D eigenvalue weighted by molar-refractivity contribution is 7.92. The molecule has 2 rings (SSSR count). The van der Waals surface area contributed by atoms with Crippen LogP contribution in [0.2, 0.25) is 5.02 Å². The number of benzene rings is 2. The molecule has 0 saturated carbocycles. The Morgan fingerprint density at radius 2 is 1.75 bits per heavy atom. The first-order valence-corrected chi connectivity index (χ1v) is 11.9. The Morgan fingerprint density at radius 1 is 1.12 bits per heavy atom. The Hall–Kier alpha value is -2.72. The number of carbonyl (C=O) groups excluding carboxylic acids is 2. The van der Waals surface area contributed by atoms with Crippen LogP contribution in [0.1, 0.15) is 18.9 Å². The van der Waals surface area contributed by atoms with E-state index in [4.69, 9.17) is 11.6 Å². The third kappa shape index (κ3) is 6.39. The van der Waals surface area contributed by atoms with E-state index in [0.29, 0.717) is 5.56 Å². The van der Waals surface area contributed by atoms with E-state index in [-0.39, 0.29) is 23.7 Å². The molecule has 0 saturated heterocycles. The first-order valence-electron chi connectivity index (χ1n) is 9.66. The molecule has 0 fully saturated rings. The standard InChI is InChI=1S/C21H24ClF2N3O4S/c1-4-19(21(29)25-2)26(12-14-5-7-15(23)8-6-14)20(28)13-27(32(3,30)31)16-9-10-18(24)17(22)11-16/h5-11,19H,4,12-13H2,1-3H3,(H,25,29). The zero-order valence-corrected chi connectivity index (χ0v) is 19.4. The van der Waals surface area contributed by atoms with Gasteiger partial charge in [-0.2, -0.15) is 0 Å². The molecule has 0 radical (unpaired) electrons. The molecule has 0 heterocycles. The van der Waals surface area contributed by atoms with Gasteiger partial charge < -0.3 is 10.2 Å². The number of carbonyl (C=O) groups is 2. The average Bonchev–Trinajstić information content (AvgIpc) is 2.74. The first kappa shape index (κ1) is 25.5. The summed E-state index contributed by atoms with van der Waals surface area (Å²) in [4.78, 5) is 26.9. The number of rotatable bonds is 9. The number of nitrogens with one attached hydrogen (secondary N) is 1. The molecule has 0 aliphatic carbocycles. The van der Waals surface area contributed by atoms with Gasteiger partial charge in [0.25, 0.3) is 0 Å². The Balaban J connectivity index is 2.43. The van der Waals surface area contributed by atoms with Crippen LogP contribution in [-0.2, 0) is 26.2 Å². The maximum atomic E-state index is 13.6. The molecule has 32 heavy (non-hydrogen) atoms. The van der Waals surface area contributed by atoms with E-state index in [2.05, 4.69) is 5.32 Å². The lowest BCUT2D eigenvalue weighted by molar-refractivity contribution is -0.140. The van der Waals surface area contributed by atoms with Crippen molar-refractivity contribution in [3.63, 3.8) is 0 Å². The smallest absolute Gasteiger partial charge is 0.244 e. The van der Waals surface area contributed by atoms with Crippen molar-refractivity contribution in [2.45, 2.75) is 25.9 Å². The molecule has 2 amide bonds. The quantitative estimate of drug-likeness (QED) is 0.589. The topological polar surface area (TPSA) is 86.8 Å². The lowest BCUT2D eigenvalue weighted by Gasteiger charge is -2.32. The molecule has 174 valence electrons. The molecular weight excluding hydrogens is 464 g/mol. The van der Waals surface area contributed by atoms with Crippen LogP contribution in [0.4, 0.5) is 14.5 Å². The highest BCUT2D eigenvalue weighted by Crippen LogP contribution is 2.25. The monoisotopic (exact) mass is 487 g/mol. The van der Waals surface area contributed by atoms with Gasteiger partial charge in [-0.05, 0) is 42.3 Å². The summed E-state index contributed by atoms with van der Waals surface area (Å²) in [6, 6.07) is 7.79. The minimum absolute atomic E-state index is 0.00183. The second kappa shape index (κ2) is 10.7. The summed E-state index contributed by atoms with van der Waals surface area (Å²) in [5.74, 6) is -2.30. The Morgan fingerprint density at radius 3 is 2.25 bits per heavy atom. The molecule has 0 aliphatic heterocycles. The van der Waals surface area contributed by atoms with Gasteiger partial charge in [0.1, 0.15) is 24.2 Å². The third-order valence-electron chi connectivity index (χ3n) is 4.77. The lowest BCUT2D eigenvalue weighted by atomic mass is 10.1. The fraction of sp³-hybridized carbons (Fsp3) is 0.333. The van der Waals surface area contributed by atoms with Crippen LogP contribution in [0, 0.1) is 11.6 Å². The van der Waals surface area contributed by atoms with Crippen LogP contribution in [0.25, 0.3) is 0 Å². The predicted octanol–water partition coefficient (Wildman–Crippen LogP) is 2.94. The molecule has 1 atom stereocenters. The van der Waals surface area contributed by atoms with Crippen molar-refractivity contribution in [3.05, 3.63) is 64.7 Å². The molecule has 11 heteroatoms. The van der Waals surface area contributed by atoms with Gasteiger partial charge in [-0.1, -0.05) is 30.7 Å². The van der Waals surface area contributed by atoms with Gasteiger partial charge in [0.2, 0.25) is 21.8 Å². The van der Waals surface area contributed by atoms with E-state index >= 15 is 0 Å². The molecule has 2 aromatic carbocycles. The molecule has 1 unspecified atom stereocenters. The SMILES string of the molecule is CCC(C(=O)NC)N(Cc1ccc(F)cc1)C(=O)CN(c1ccc(F)c(Cl)c1)S(C)(=O)=O. The van der Waals surface area contributed by atoms with Crippen LogP contribution in [0.3, 0.4) is 0 Å². The summed E-state index contributed by atoms with van der Waals surface area (Å²) >= 11 is 5.79. The zero-order valence-electron chi connectivity index (χ0n) is 17.8. The molecular formula is C21H24ClF2N3O4S. The second-order valence-electron chi connectivity index (χ2n) is 7.05. The molecule has 0 aromatic heterocycles. The maximum absolute atomic E-state index is 13.6. The fourth-order valence-electron chi connectivity index (χ4n) is 3.13. The Bertz CT molecular complexity index is 1080. The molecule has 1 N–H and O–H groups in total. The van der Waals surface area contributed by atoms with Crippen molar-refractivity contribution in [1.29, 1.82) is 0 Å². The number of nitrogens with zero attached hydrogens (tertiary/aromatic N) is 2. The highest BCUT2D eigenvalue weighted by atomic mass is 35.5. The normalized spacial score (nSPS) is 12.2. The third-order valence-corrected chi connectivity index (χ3v) is 6.20. The average molecular weight is 488 g/mol. The number of hydrogen-bond acceptors (Lipinski definition) is 4. The van der Waals surface area contributed by atoms with Gasteiger partial charge in [-0.25, -0.2) is 17.2 Å². The molecule has 2 aromatic rings. The summed E-state index contributed by atoms with van der Waals surface area (Å²) in [6.45, 7) is 1.02. The van der Waals surface area contributed by atoms with Gasteiger partial charge in [0.05, 0.1) is 17.0 Å². The van der Waals surface area contributed by atoms with E-state index in [9.17, 15) is 26.8 Å². The minimum Gasteiger partial charge on any atom is -0.357 e. The molecule has 0 spiro atoms. The van der Waals surface area contributed by atoms with Crippen LogP contribution >= 0.6 is 11.6 Å². The van der Waals surface area contributed by atoms with Crippen molar-refractivity contribution < 1.29 is 26.8 Å². The van der Waals surface area contributed by atoms with E-state index in [1.54, 1.807) is 6.92 Å². The number of sulfonamides is 1. The van der Waals surface area contributed by atoms with Crippen molar-refractivity contribution in [2.75, 3.05) is 24.2 Å². The predicted molar refractivity (Wildman–Crippen MR) is 119 cm³/mol. The molecule has 0 bridgehead atoms. The maximum Gasteiger partial charge on any atom is 0.244 e. The van der Waals surface area contributed by atoms with Gasteiger partial charge in [0.15, 0.2) is 0 Å². The van der Waals surface area contributed by atoms with Crippen LogP contribution in [0.15, 0.2) is 42.5 Å². The van der Waals surface area contributed by atoms with Gasteiger partial charge in [-0.3, -0.25) is 13.9 Å². The van der Waals surface area contributed by atoms with Gasteiger partial charge in [-0.15, -0.1) is 0 Å². The first-order chi connectivity index (χ1) is 15.0. The molecule has 0 aliphatic rings. The fourth-order valence-corrected chi connectivity index (χ4v) is 4.14. The van der Waals surface area contributed by atoms with Gasteiger partial charge in [0, 0.05) is 13.6 Å². The summed E-state index contributed by atoms with van der Waals surface area (Å²) < 4.78 is 52.4. The summed E-state index contributed by atoms with van der Waals surface area (Å²) in [7, 11) is -2.53. The largest absolute Gasteiger partial charge is 0.357 e. The summed E-state index contributed by atoms with van der Waals surface area (Å²) in [5.41, 5.74) is 0.555. The van der Waals surface area contributed by atoms with E-state index < -0.39 is 46.1 Å². The highest BCUT2D eigenvalue weighted by Gasteiger charge is 2.31. The van der Waals surface area contributed by atoms with Crippen LogP contribution < -0.4 is 9.62 Å². The number of anilines is 1. The van der Waals surface area contributed by atoms with E-state index in [1.165, 1.54) is 42.3 Å². The minimum atomic E-state index is -3.96. The number of hydrogen-bond donors (Lipinski definition) is 1. The Kier molecular flexibility index (Phi) is 8.57. The van der Waals surface area contributed by atoms with Gasteiger partial charge >= 0.3 is 0 Å². The van der Waals surface area contributed by atoms with Crippen molar-refractivity contribution in [2.24, 2.45) is 0 Å². The second-order valence-corrected chi connectivity index (χ2v) is 9.37. The van der Waals surface area contributed by atoms with Crippen LogP contribution in [0.5, 0.6) is 0 Å². The number of amides is 2. The van der Waals surface area contributed by atoms with Crippen LogP contribution in [-0.4, -0.2) is 51.0 Å². The van der Waals surface area contributed by atoms with E-state index in [0.717, 1.165) is 22.7 Å². The summed E-state index contributed by atoms with van der Waals surface area (Å²) in [5, 5.41) is 2.19. The Labute approximate surface area is 191 Å². The molecule has 7 nitrogen and oxygen atoms in total. The number of likely N-dealkylation sites (N-methyl/N-ethyl adjacent to an activating group) is 1. The lowest BCUT2D eigenvalue weighted by Crippen LogP contribution is -2.51. The summed E-state index contributed by atoms with van der Waals surface area (Å²) in [6.07, 6.45) is 1.16. The number of halogens is 3. The van der Waals surface area contributed by atoms with E-state index in [1.807, 2.05) is 0 Å². The van der Waals surface area contributed by atoms with Crippen molar-refractivity contribution in [1.82, 2.24) is 10.2 Å².